The lowest BCUT2D eigenvalue weighted by atomic mass is 10.1. The van der Waals surface area contributed by atoms with E-state index in [4.69, 9.17) is 4.74 Å². The number of benzene rings is 2. The molecule has 0 saturated carbocycles. The molecule has 2 rings (SSSR count). The maximum Gasteiger partial charge on any atom is 0.120 e. The molecule has 15 heavy (non-hydrogen) atoms. The van der Waals surface area contributed by atoms with E-state index in [0.717, 1.165) is 15.8 Å². The SMILES string of the molecule is COc1cc(Br)cc(-c2ccccc2)c1. The summed E-state index contributed by atoms with van der Waals surface area (Å²) in [5.74, 6) is 0.864. The molecule has 0 N–H and O–H groups in total. The molecule has 0 atom stereocenters. The Balaban J connectivity index is 2.49. The summed E-state index contributed by atoms with van der Waals surface area (Å²) >= 11 is 3.47. The summed E-state index contributed by atoms with van der Waals surface area (Å²) in [5.41, 5.74) is 2.35. The number of halogens is 1. The summed E-state index contributed by atoms with van der Waals surface area (Å²) in [4.78, 5) is 0. The first-order chi connectivity index (χ1) is 7.29. The summed E-state index contributed by atoms with van der Waals surface area (Å²) in [7, 11) is 1.68. The van der Waals surface area contributed by atoms with Gasteiger partial charge in [0.25, 0.3) is 0 Å². The summed E-state index contributed by atoms with van der Waals surface area (Å²) in [6.45, 7) is 0. The number of hydrogen-bond donors (Lipinski definition) is 0. The van der Waals surface area contributed by atoms with Crippen LogP contribution < -0.4 is 4.74 Å². The van der Waals surface area contributed by atoms with Crippen molar-refractivity contribution in [1.82, 2.24) is 0 Å². The van der Waals surface area contributed by atoms with Crippen LogP contribution >= 0.6 is 15.9 Å². The second kappa shape index (κ2) is 4.49. The van der Waals surface area contributed by atoms with Gasteiger partial charge in [-0.05, 0) is 29.3 Å². The van der Waals surface area contributed by atoms with E-state index in [0.29, 0.717) is 0 Å². The molecule has 0 radical (unpaired) electrons. The van der Waals surface area contributed by atoms with Crippen molar-refractivity contribution in [3.05, 3.63) is 53.0 Å². The summed E-state index contributed by atoms with van der Waals surface area (Å²) in [5, 5.41) is 0. The van der Waals surface area contributed by atoms with Crippen molar-refractivity contribution in [3.63, 3.8) is 0 Å². The maximum absolute atomic E-state index is 5.23. The van der Waals surface area contributed by atoms with Crippen molar-refractivity contribution in [1.29, 1.82) is 0 Å². The number of ether oxygens (including phenoxy) is 1. The van der Waals surface area contributed by atoms with E-state index in [2.05, 4.69) is 34.1 Å². The van der Waals surface area contributed by atoms with Crippen LogP contribution in [0.5, 0.6) is 5.75 Å². The maximum atomic E-state index is 5.23. The van der Waals surface area contributed by atoms with Crippen molar-refractivity contribution in [2.45, 2.75) is 0 Å². The first-order valence-electron chi connectivity index (χ1n) is 4.69. The zero-order valence-corrected chi connectivity index (χ0v) is 9.99. The van der Waals surface area contributed by atoms with Crippen LogP contribution in [-0.2, 0) is 0 Å². The average Bonchev–Trinajstić information content (AvgIpc) is 2.29. The standard InChI is InChI=1S/C13H11BrO/c1-15-13-8-11(7-12(14)9-13)10-5-3-2-4-6-10/h2-9H,1H3. The van der Waals surface area contributed by atoms with Crippen LogP contribution in [0.15, 0.2) is 53.0 Å². The summed E-state index contributed by atoms with van der Waals surface area (Å²) in [6, 6.07) is 16.3. The van der Waals surface area contributed by atoms with Gasteiger partial charge in [-0.2, -0.15) is 0 Å². The Morgan fingerprint density at radius 3 is 2.33 bits per heavy atom. The molecule has 0 unspecified atom stereocenters. The number of methoxy groups -OCH3 is 1. The Morgan fingerprint density at radius 1 is 0.933 bits per heavy atom. The normalized spacial score (nSPS) is 10.0. The largest absolute Gasteiger partial charge is 0.497 e. The lowest BCUT2D eigenvalue weighted by Crippen LogP contribution is -1.84. The highest BCUT2D eigenvalue weighted by Gasteiger charge is 2.01. The Hall–Kier alpha value is -1.28. The molecule has 0 aliphatic rings. The van der Waals surface area contributed by atoms with E-state index < -0.39 is 0 Å². The van der Waals surface area contributed by atoms with E-state index in [-0.39, 0.29) is 0 Å². The monoisotopic (exact) mass is 262 g/mol. The van der Waals surface area contributed by atoms with E-state index >= 15 is 0 Å². The smallest absolute Gasteiger partial charge is 0.120 e. The zero-order valence-electron chi connectivity index (χ0n) is 8.41. The lowest BCUT2D eigenvalue weighted by Gasteiger charge is -2.05. The summed E-state index contributed by atoms with van der Waals surface area (Å²) in [6.07, 6.45) is 0. The van der Waals surface area contributed by atoms with Crippen molar-refractivity contribution in [2.75, 3.05) is 7.11 Å². The fraction of sp³-hybridized carbons (Fsp3) is 0.0769. The van der Waals surface area contributed by atoms with Crippen molar-refractivity contribution >= 4 is 15.9 Å². The van der Waals surface area contributed by atoms with Crippen LogP contribution in [-0.4, -0.2) is 7.11 Å². The van der Waals surface area contributed by atoms with E-state index in [1.165, 1.54) is 5.56 Å². The Bertz CT molecular complexity index is 451. The van der Waals surface area contributed by atoms with E-state index in [1.54, 1.807) is 7.11 Å². The fourth-order valence-electron chi connectivity index (χ4n) is 1.48. The number of rotatable bonds is 2. The average molecular weight is 263 g/mol. The molecule has 2 aromatic rings. The van der Waals surface area contributed by atoms with Crippen molar-refractivity contribution in [2.24, 2.45) is 0 Å². The molecule has 1 nitrogen and oxygen atoms in total. The Kier molecular flexibility index (Phi) is 3.07. The van der Waals surface area contributed by atoms with Crippen molar-refractivity contribution < 1.29 is 4.74 Å². The van der Waals surface area contributed by atoms with Gasteiger partial charge < -0.3 is 4.74 Å². The van der Waals surface area contributed by atoms with Gasteiger partial charge in [0.15, 0.2) is 0 Å². The minimum absolute atomic E-state index is 0.864. The Labute approximate surface area is 97.8 Å². The van der Waals surface area contributed by atoms with Gasteiger partial charge in [-0.3, -0.25) is 0 Å². The molecule has 0 heterocycles. The topological polar surface area (TPSA) is 9.23 Å². The fourth-order valence-corrected chi connectivity index (χ4v) is 1.95. The second-order valence-corrected chi connectivity index (χ2v) is 4.16. The molecule has 76 valence electrons. The van der Waals surface area contributed by atoms with Gasteiger partial charge in [0, 0.05) is 4.47 Å². The number of hydrogen-bond acceptors (Lipinski definition) is 1. The third-order valence-electron chi connectivity index (χ3n) is 2.21. The highest BCUT2D eigenvalue weighted by atomic mass is 79.9. The zero-order chi connectivity index (χ0) is 10.7. The molecule has 0 aromatic heterocycles. The lowest BCUT2D eigenvalue weighted by molar-refractivity contribution is 0.414. The molecule has 2 aromatic carbocycles. The highest BCUT2D eigenvalue weighted by molar-refractivity contribution is 9.10. The first kappa shape index (κ1) is 10.2. The highest BCUT2D eigenvalue weighted by Crippen LogP contribution is 2.28. The van der Waals surface area contributed by atoms with Crippen LogP contribution in [0.2, 0.25) is 0 Å². The Morgan fingerprint density at radius 2 is 1.67 bits per heavy atom. The molecule has 0 aliphatic carbocycles. The van der Waals surface area contributed by atoms with Crippen LogP contribution in [0.4, 0.5) is 0 Å². The molecule has 2 heteroatoms. The van der Waals surface area contributed by atoms with Gasteiger partial charge in [0.05, 0.1) is 7.11 Å². The summed E-state index contributed by atoms with van der Waals surface area (Å²) < 4.78 is 6.26. The molecule has 0 spiro atoms. The molecule has 0 amide bonds. The molecule has 0 fully saturated rings. The van der Waals surface area contributed by atoms with Gasteiger partial charge in [-0.25, -0.2) is 0 Å². The quantitative estimate of drug-likeness (QED) is 0.791. The van der Waals surface area contributed by atoms with E-state index in [9.17, 15) is 0 Å². The molecular weight excluding hydrogens is 252 g/mol. The van der Waals surface area contributed by atoms with Crippen molar-refractivity contribution in [3.8, 4) is 16.9 Å². The van der Waals surface area contributed by atoms with Crippen LogP contribution in [0.25, 0.3) is 11.1 Å². The van der Waals surface area contributed by atoms with Crippen LogP contribution in [0, 0.1) is 0 Å². The minimum Gasteiger partial charge on any atom is -0.497 e. The van der Waals surface area contributed by atoms with Gasteiger partial charge in [-0.1, -0.05) is 46.3 Å². The molecule has 0 saturated heterocycles. The predicted octanol–water partition coefficient (Wildman–Crippen LogP) is 4.12. The van der Waals surface area contributed by atoms with Gasteiger partial charge >= 0.3 is 0 Å². The van der Waals surface area contributed by atoms with Crippen LogP contribution in [0.1, 0.15) is 0 Å². The molecular formula is C13H11BrO. The van der Waals surface area contributed by atoms with E-state index in [1.807, 2.05) is 30.3 Å². The molecule has 0 aliphatic heterocycles. The van der Waals surface area contributed by atoms with Crippen LogP contribution in [0.3, 0.4) is 0 Å². The second-order valence-electron chi connectivity index (χ2n) is 3.25. The first-order valence-corrected chi connectivity index (χ1v) is 5.49. The third-order valence-corrected chi connectivity index (χ3v) is 2.67. The minimum atomic E-state index is 0.864. The van der Waals surface area contributed by atoms with Gasteiger partial charge in [0.1, 0.15) is 5.75 Å². The predicted molar refractivity (Wildman–Crippen MR) is 66.1 cm³/mol. The third kappa shape index (κ3) is 2.39. The van der Waals surface area contributed by atoms with Gasteiger partial charge in [0.2, 0.25) is 0 Å². The molecule has 0 bridgehead atoms. The van der Waals surface area contributed by atoms with Gasteiger partial charge in [-0.15, -0.1) is 0 Å².